The van der Waals surface area contributed by atoms with E-state index >= 15 is 0 Å². The van der Waals surface area contributed by atoms with Crippen LogP contribution in [0.15, 0.2) is 30.3 Å². The van der Waals surface area contributed by atoms with Gasteiger partial charge in [0.05, 0.1) is 6.61 Å². The molecule has 31 heavy (non-hydrogen) atoms. The predicted octanol–water partition coefficient (Wildman–Crippen LogP) is 4.25. The molecule has 0 atom stereocenters. The second-order valence-electron chi connectivity index (χ2n) is 7.85. The second-order valence-corrected chi connectivity index (χ2v) is 7.85. The van der Waals surface area contributed by atoms with Crippen molar-refractivity contribution < 1.29 is 23.1 Å². The average molecular weight is 429 g/mol. The van der Waals surface area contributed by atoms with Gasteiger partial charge in [0.2, 0.25) is 11.8 Å². The molecule has 0 bridgehead atoms. The molecule has 2 N–H and O–H groups in total. The normalized spacial score (nSPS) is 15.4. The molecule has 6 nitrogen and oxygen atoms in total. The lowest BCUT2D eigenvalue weighted by Crippen LogP contribution is -2.21. The van der Waals surface area contributed by atoms with Crippen LogP contribution in [0.4, 0.5) is 25.8 Å². The minimum absolute atomic E-state index is 0.0117. The third-order valence-corrected chi connectivity index (χ3v) is 5.51. The number of hydrogen-bond donors (Lipinski definition) is 2. The molecule has 0 spiro atoms. The fourth-order valence-electron chi connectivity index (χ4n) is 3.98. The van der Waals surface area contributed by atoms with Gasteiger partial charge in [0.15, 0.2) is 11.6 Å². The van der Waals surface area contributed by atoms with Crippen LogP contribution in [0.25, 0.3) is 0 Å². The van der Waals surface area contributed by atoms with Crippen LogP contribution in [-0.4, -0.2) is 31.5 Å². The lowest BCUT2D eigenvalue weighted by Gasteiger charge is -2.20. The first-order chi connectivity index (χ1) is 15.0. The maximum atomic E-state index is 14.4. The van der Waals surface area contributed by atoms with E-state index in [-0.39, 0.29) is 29.6 Å². The number of nitrogens with one attached hydrogen (secondary N) is 2. The van der Waals surface area contributed by atoms with Crippen molar-refractivity contribution in [3.8, 4) is 5.75 Å². The van der Waals surface area contributed by atoms with E-state index in [9.17, 15) is 18.4 Å². The molecule has 2 aromatic carbocycles. The highest BCUT2D eigenvalue weighted by molar-refractivity contribution is 5.94. The summed E-state index contributed by atoms with van der Waals surface area (Å²) in [5, 5.41) is 5.37. The van der Waals surface area contributed by atoms with Gasteiger partial charge in [-0.15, -0.1) is 0 Å². The van der Waals surface area contributed by atoms with Gasteiger partial charge in [0.25, 0.3) is 0 Å². The lowest BCUT2D eigenvalue weighted by atomic mass is 10.0. The van der Waals surface area contributed by atoms with E-state index in [0.717, 1.165) is 36.2 Å². The van der Waals surface area contributed by atoms with E-state index in [1.165, 1.54) is 0 Å². The van der Waals surface area contributed by atoms with E-state index < -0.39 is 11.6 Å². The molecule has 0 radical (unpaired) electrons. The molecule has 1 fully saturated rings. The number of rotatable bonds is 7. The molecular weight excluding hydrogens is 404 g/mol. The number of amides is 2. The Kier molecular flexibility index (Phi) is 6.34. The van der Waals surface area contributed by atoms with Gasteiger partial charge in [-0.05, 0) is 61.6 Å². The molecule has 2 aliphatic heterocycles. The first-order valence-electron chi connectivity index (χ1n) is 10.6. The Bertz CT molecular complexity index is 967. The quantitative estimate of drug-likeness (QED) is 0.646. The fourth-order valence-corrected chi connectivity index (χ4v) is 3.98. The van der Waals surface area contributed by atoms with Crippen molar-refractivity contribution in [2.45, 2.75) is 38.5 Å². The maximum Gasteiger partial charge on any atom is 0.224 e. The van der Waals surface area contributed by atoms with Crippen molar-refractivity contribution in [2.24, 2.45) is 0 Å². The minimum Gasteiger partial charge on any atom is -0.494 e. The predicted molar refractivity (Wildman–Crippen MR) is 115 cm³/mol. The van der Waals surface area contributed by atoms with Crippen molar-refractivity contribution >= 4 is 28.9 Å². The smallest absolute Gasteiger partial charge is 0.224 e. The molecule has 0 aliphatic carbocycles. The van der Waals surface area contributed by atoms with Gasteiger partial charge in [-0.3, -0.25) is 9.59 Å². The van der Waals surface area contributed by atoms with Crippen LogP contribution in [0.1, 0.15) is 37.7 Å². The molecule has 8 heteroatoms. The number of fused-ring (bicyclic) bond motifs is 1. The van der Waals surface area contributed by atoms with Gasteiger partial charge < -0.3 is 20.3 Å². The molecule has 0 unspecified atom stereocenters. The Labute approximate surface area is 179 Å². The Hall–Kier alpha value is -3.16. The Morgan fingerprint density at radius 2 is 1.84 bits per heavy atom. The number of anilines is 3. The van der Waals surface area contributed by atoms with Crippen molar-refractivity contribution in [1.82, 2.24) is 0 Å². The summed E-state index contributed by atoms with van der Waals surface area (Å²) in [4.78, 5) is 25.3. The topological polar surface area (TPSA) is 70.7 Å². The van der Waals surface area contributed by atoms with Gasteiger partial charge in [-0.1, -0.05) is 0 Å². The highest BCUT2D eigenvalue weighted by atomic mass is 19.1. The number of aryl methyl sites for hydroxylation is 1. The third-order valence-electron chi connectivity index (χ3n) is 5.51. The van der Waals surface area contributed by atoms with Crippen molar-refractivity contribution in [2.75, 3.05) is 35.2 Å². The van der Waals surface area contributed by atoms with Gasteiger partial charge in [0.1, 0.15) is 11.4 Å². The number of carbonyl (C=O) groups is 2. The van der Waals surface area contributed by atoms with Crippen molar-refractivity contribution in [3.63, 3.8) is 0 Å². The molecule has 2 aliphatic rings. The summed E-state index contributed by atoms with van der Waals surface area (Å²) in [6, 6.07) is 7.80. The maximum absolute atomic E-state index is 14.4. The van der Waals surface area contributed by atoms with E-state index in [0.29, 0.717) is 44.7 Å². The SMILES string of the molecule is O=C(CCCOc1ccc2c(c1)CCC(=O)N2)Nc1cc(F)c(N2CCCC2)c(F)c1. The molecule has 2 amide bonds. The number of hydrogen-bond acceptors (Lipinski definition) is 4. The summed E-state index contributed by atoms with van der Waals surface area (Å²) in [7, 11) is 0. The van der Waals surface area contributed by atoms with Crippen LogP contribution in [0, 0.1) is 11.6 Å². The zero-order chi connectivity index (χ0) is 21.8. The van der Waals surface area contributed by atoms with Crippen molar-refractivity contribution in [1.29, 1.82) is 0 Å². The highest BCUT2D eigenvalue weighted by Crippen LogP contribution is 2.30. The number of ether oxygens (including phenoxy) is 1. The average Bonchev–Trinajstić information content (AvgIpc) is 3.25. The standard InChI is InChI=1S/C23H25F2N3O3/c24-18-13-16(14-19(25)23(18)28-9-1-2-10-28)26-21(29)4-3-11-31-17-6-7-20-15(12-17)5-8-22(30)27-20/h6-7,12-14H,1-5,8-11H2,(H,26,29)(H,27,30). The summed E-state index contributed by atoms with van der Waals surface area (Å²) in [6.45, 7) is 1.60. The summed E-state index contributed by atoms with van der Waals surface area (Å²) in [5.41, 5.74) is 1.92. The van der Waals surface area contributed by atoms with Gasteiger partial charge in [0, 0.05) is 37.3 Å². The number of carbonyl (C=O) groups excluding carboxylic acids is 2. The van der Waals surface area contributed by atoms with Crippen LogP contribution in [0.2, 0.25) is 0 Å². The van der Waals surface area contributed by atoms with Crippen LogP contribution < -0.4 is 20.3 Å². The lowest BCUT2D eigenvalue weighted by molar-refractivity contribution is -0.117. The van der Waals surface area contributed by atoms with Crippen LogP contribution in [0.5, 0.6) is 5.75 Å². The molecule has 2 heterocycles. The molecule has 2 aromatic rings. The Morgan fingerprint density at radius 3 is 2.58 bits per heavy atom. The number of benzene rings is 2. The largest absolute Gasteiger partial charge is 0.494 e. The van der Waals surface area contributed by atoms with Crippen molar-refractivity contribution in [3.05, 3.63) is 47.5 Å². The van der Waals surface area contributed by atoms with Crippen LogP contribution >= 0.6 is 0 Å². The van der Waals surface area contributed by atoms with E-state index in [4.69, 9.17) is 4.74 Å². The van der Waals surface area contributed by atoms with E-state index in [1.807, 2.05) is 12.1 Å². The minimum atomic E-state index is -0.663. The van der Waals surface area contributed by atoms with E-state index in [1.54, 1.807) is 11.0 Å². The zero-order valence-electron chi connectivity index (χ0n) is 17.2. The summed E-state index contributed by atoms with van der Waals surface area (Å²) >= 11 is 0. The third kappa shape index (κ3) is 5.13. The first-order valence-corrected chi connectivity index (χ1v) is 10.6. The van der Waals surface area contributed by atoms with Gasteiger partial charge >= 0.3 is 0 Å². The van der Waals surface area contributed by atoms with Gasteiger partial charge in [-0.2, -0.15) is 0 Å². The summed E-state index contributed by atoms with van der Waals surface area (Å²) < 4.78 is 34.4. The monoisotopic (exact) mass is 429 g/mol. The first kappa shape index (κ1) is 21.1. The molecular formula is C23H25F2N3O3. The molecule has 0 saturated carbocycles. The molecule has 0 aromatic heterocycles. The highest BCUT2D eigenvalue weighted by Gasteiger charge is 2.21. The van der Waals surface area contributed by atoms with E-state index in [2.05, 4.69) is 10.6 Å². The summed E-state index contributed by atoms with van der Waals surface area (Å²) in [6.07, 6.45) is 3.58. The summed E-state index contributed by atoms with van der Waals surface area (Å²) in [5.74, 6) is -0.965. The molecule has 164 valence electrons. The van der Waals surface area contributed by atoms with Crippen LogP contribution in [-0.2, 0) is 16.0 Å². The molecule has 4 rings (SSSR count). The number of halogens is 2. The number of nitrogens with zero attached hydrogens (tertiary/aromatic N) is 1. The fraction of sp³-hybridized carbons (Fsp3) is 0.391. The second kappa shape index (κ2) is 9.32. The van der Waals surface area contributed by atoms with Gasteiger partial charge in [-0.25, -0.2) is 8.78 Å². The molecule has 1 saturated heterocycles. The Balaban J connectivity index is 1.25. The van der Waals surface area contributed by atoms with Crippen LogP contribution in [0.3, 0.4) is 0 Å². The zero-order valence-corrected chi connectivity index (χ0v) is 17.2. The Morgan fingerprint density at radius 1 is 1.10 bits per heavy atom.